The van der Waals surface area contributed by atoms with Crippen molar-refractivity contribution in [1.82, 2.24) is 25.9 Å². The van der Waals surface area contributed by atoms with Crippen molar-refractivity contribution in [2.75, 3.05) is 6.54 Å². The Labute approximate surface area is 208 Å². The molecule has 0 aliphatic heterocycles. The van der Waals surface area contributed by atoms with Crippen LogP contribution in [0.1, 0.15) is 39.3 Å². The largest absolute Gasteiger partial charge is 0.480 e. The molecule has 0 fully saturated rings. The van der Waals surface area contributed by atoms with E-state index in [-0.39, 0.29) is 25.3 Å². The number of imidazole rings is 1. The standard InChI is InChI=1S/C21H37N9O6/c1-10(2)15(19(34)30-16(11(3)31)20(35)36)29-18(33)14(7-12-8-25-9-27-12)28-17(32)13(22)5-4-6-26-21(23)24/h8-11,13-16,31H,4-7,22H2,1-3H3,(H,25,27)(H,28,32)(H,29,33)(H,30,34)(H,35,36)(H4,23,24,26). The molecule has 5 unspecified atom stereocenters. The van der Waals surface area contributed by atoms with Crippen molar-refractivity contribution in [3.05, 3.63) is 18.2 Å². The van der Waals surface area contributed by atoms with Crippen molar-refractivity contribution in [3.63, 3.8) is 0 Å². The highest BCUT2D eigenvalue weighted by molar-refractivity contribution is 5.94. The van der Waals surface area contributed by atoms with E-state index in [1.807, 2.05) is 0 Å². The predicted molar refractivity (Wildman–Crippen MR) is 130 cm³/mol. The summed E-state index contributed by atoms with van der Waals surface area (Å²) in [5.41, 5.74) is 17.0. The maximum Gasteiger partial charge on any atom is 0.328 e. The number of carbonyl (C=O) groups is 4. The van der Waals surface area contributed by atoms with Gasteiger partial charge >= 0.3 is 5.97 Å². The van der Waals surface area contributed by atoms with Gasteiger partial charge in [-0.25, -0.2) is 9.78 Å². The van der Waals surface area contributed by atoms with E-state index >= 15 is 0 Å². The molecule has 15 nitrogen and oxygen atoms in total. The third-order valence-electron chi connectivity index (χ3n) is 5.21. The number of carbonyl (C=O) groups excluding carboxylic acids is 3. The molecule has 0 saturated heterocycles. The zero-order valence-corrected chi connectivity index (χ0v) is 20.6. The van der Waals surface area contributed by atoms with E-state index in [0.29, 0.717) is 12.1 Å². The number of aliphatic carboxylic acids is 1. The number of hydrogen-bond acceptors (Lipinski definition) is 8. The number of hydrogen-bond donors (Lipinski definition) is 9. The van der Waals surface area contributed by atoms with Crippen LogP contribution < -0.4 is 33.2 Å². The second-order valence-electron chi connectivity index (χ2n) is 8.69. The first kappa shape index (κ1) is 30.3. The van der Waals surface area contributed by atoms with E-state index in [1.165, 1.54) is 19.4 Å². The van der Waals surface area contributed by atoms with Gasteiger partial charge in [0, 0.05) is 24.9 Å². The Morgan fingerprint density at radius 2 is 1.69 bits per heavy atom. The van der Waals surface area contributed by atoms with Gasteiger partial charge < -0.3 is 48.3 Å². The summed E-state index contributed by atoms with van der Waals surface area (Å²) in [7, 11) is 0. The first-order valence-electron chi connectivity index (χ1n) is 11.4. The molecule has 5 atom stereocenters. The lowest BCUT2D eigenvalue weighted by molar-refractivity contribution is -0.145. The van der Waals surface area contributed by atoms with Gasteiger partial charge in [0.2, 0.25) is 17.7 Å². The number of carboxylic acid groups (broad SMARTS) is 1. The number of aliphatic hydroxyl groups excluding tert-OH is 1. The zero-order valence-electron chi connectivity index (χ0n) is 20.6. The number of aliphatic imine (C=N–C) groups is 1. The molecule has 0 radical (unpaired) electrons. The average Bonchev–Trinajstić information content (AvgIpc) is 3.29. The predicted octanol–water partition coefficient (Wildman–Crippen LogP) is -3.09. The third kappa shape index (κ3) is 10.3. The van der Waals surface area contributed by atoms with E-state index in [9.17, 15) is 29.4 Å². The summed E-state index contributed by atoms with van der Waals surface area (Å²) in [6, 6.07) is -4.77. The minimum atomic E-state index is -1.56. The summed E-state index contributed by atoms with van der Waals surface area (Å²) in [6.07, 6.45) is 2.25. The SMILES string of the molecule is CC(C)C(NC(=O)C(Cc1cnc[nH]1)NC(=O)C(N)CCCN=C(N)N)C(=O)NC(C(=O)O)C(C)O. The molecule has 36 heavy (non-hydrogen) atoms. The van der Waals surface area contributed by atoms with E-state index in [2.05, 4.69) is 30.9 Å². The lowest BCUT2D eigenvalue weighted by Gasteiger charge is -2.27. The van der Waals surface area contributed by atoms with Crippen LogP contribution >= 0.6 is 0 Å². The zero-order chi connectivity index (χ0) is 27.4. The van der Waals surface area contributed by atoms with Gasteiger partial charge in [0.25, 0.3) is 0 Å². The van der Waals surface area contributed by atoms with Crippen molar-refractivity contribution >= 4 is 29.7 Å². The molecule has 0 bridgehead atoms. The normalized spacial score (nSPS) is 15.2. The number of nitrogens with two attached hydrogens (primary N) is 3. The Morgan fingerprint density at radius 3 is 2.19 bits per heavy atom. The van der Waals surface area contributed by atoms with Crippen molar-refractivity contribution < 1.29 is 29.4 Å². The third-order valence-corrected chi connectivity index (χ3v) is 5.21. The number of nitrogens with zero attached hydrogens (tertiary/aromatic N) is 2. The highest BCUT2D eigenvalue weighted by Gasteiger charge is 2.33. The molecule has 0 aliphatic rings. The van der Waals surface area contributed by atoms with Gasteiger partial charge in [-0.15, -0.1) is 0 Å². The van der Waals surface area contributed by atoms with Crippen LogP contribution in [0.25, 0.3) is 0 Å². The smallest absolute Gasteiger partial charge is 0.328 e. The molecule has 1 aromatic rings. The monoisotopic (exact) mass is 511 g/mol. The van der Waals surface area contributed by atoms with Gasteiger partial charge in [0.15, 0.2) is 12.0 Å². The fourth-order valence-electron chi connectivity index (χ4n) is 3.18. The second kappa shape index (κ2) is 14.6. The van der Waals surface area contributed by atoms with Crippen LogP contribution in [-0.2, 0) is 25.6 Å². The number of aromatic amines is 1. The number of rotatable bonds is 15. The minimum Gasteiger partial charge on any atom is -0.480 e. The molecule has 12 N–H and O–H groups in total. The first-order chi connectivity index (χ1) is 16.8. The molecule has 0 aliphatic carbocycles. The highest BCUT2D eigenvalue weighted by atomic mass is 16.4. The number of H-pyrrole nitrogens is 1. The van der Waals surface area contributed by atoms with Crippen LogP contribution in [0.5, 0.6) is 0 Å². The molecule has 3 amide bonds. The molecular weight excluding hydrogens is 474 g/mol. The number of nitrogens with one attached hydrogen (secondary N) is 4. The van der Waals surface area contributed by atoms with Crippen molar-refractivity contribution in [1.29, 1.82) is 0 Å². The molecule has 1 heterocycles. The molecule has 15 heteroatoms. The van der Waals surface area contributed by atoms with Gasteiger partial charge in [-0.3, -0.25) is 19.4 Å². The van der Waals surface area contributed by atoms with Crippen molar-refractivity contribution in [2.24, 2.45) is 28.1 Å². The molecule has 0 saturated carbocycles. The van der Waals surface area contributed by atoms with Gasteiger partial charge in [-0.05, 0) is 25.7 Å². The Hall–Kier alpha value is -3.72. The van der Waals surface area contributed by atoms with Crippen LogP contribution in [0, 0.1) is 5.92 Å². The maximum atomic E-state index is 13.1. The molecular formula is C21H37N9O6. The van der Waals surface area contributed by atoms with Crippen LogP contribution in [0.3, 0.4) is 0 Å². The summed E-state index contributed by atoms with van der Waals surface area (Å²) < 4.78 is 0. The van der Waals surface area contributed by atoms with E-state index in [0.717, 1.165) is 0 Å². The highest BCUT2D eigenvalue weighted by Crippen LogP contribution is 2.07. The molecule has 202 valence electrons. The topological polar surface area (TPSA) is 264 Å². The summed E-state index contributed by atoms with van der Waals surface area (Å²) in [5, 5.41) is 26.3. The fourth-order valence-corrected chi connectivity index (χ4v) is 3.18. The van der Waals surface area contributed by atoms with Gasteiger partial charge in [-0.1, -0.05) is 13.8 Å². The second-order valence-corrected chi connectivity index (χ2v) is 8.69. The first-order valence-corrected chi connectivity index (χ1v) is 11.4. The Balaban J connectivity index is 2.95. The van der Waals surface area contributed by atoms with Gasteiger partial charge in [0.1, 0.15) is 12.1 Å². The number of aromatic nitrogens is 2. The van der Waals surface area contributed by atoms with Crippen LogP contribution in [0.15, 0.2) is 17.5 Å². The number of guanidine groups is 1. The fraction of sp³-hybridized carbons (Fsp3) is 0.619. The molecule has 0 spiro atoms. The molecule has 1 rings (SSSR count). The van der Waals surface area contributed by atoms with Crippen LogP contribution in [0.2, 0.25) is 0 Å². The van der Waals surface area contributed by atoms with Crippen molar-refractivity contribution in [3.8, 4) is 0 Å². The van der Waals surface area contributed by atoms with Gasteiger partial charge in [0.05, 0.1) is 18.5 Å². The number of carboxylic acids is 1. The van der Waals surface area contributed by atoms with Crippen LogP contribution in [-0.4, -0.2) is 86.6 Å². The van der Waals surface area contributed by atoms with Gasteiger partial charge in [-0.2, -0.15) is 0 Å². The average molecular weight is 512 g/mol. The lowest BCUT2D eigenvalue weighted by Crippen LogP contribution is -2.60. The van der Waals surface area contributed by atoms with E-state index in [4.69, 9.17) is 17.2 Å². The number of amides is 3. The molecule has 1 aromatic heterocycles. The maximum absolute atomic E-state index is 13.1. The summed E-state index contributed by atoms with van der Waals surface area (Å²) >= 11 is 0. The molecule has 0 aromatic carbocycles. The summed E-state index contributed by atoms with van der Waals surface area (Å²) in [5.74, 6) is -4.02. The van der Waals surface area contributed by atoms with E-state index in [1.54, 1.807) is 13.8 Å². The summed E-state index contributed by atoms with van der Waals surface area (Å²) in [4.78, 5) is 60.5. The van der Waals surface area contributed by atoms with Crippen molar-refractivity contribution in [2.45, 2.75) is 70.3 Å². The Morgan fingerprint density at radius 1 is 1.06 bits per heavy atom. The Bertz CT molecular complexity index is 900. The number of aliphatic hydroxyl groups is 1. The van der Waals surface area contributed by atoms with E-state index < -0.39 is 59.9 Å². The summed E-state index contributed by atoms with van der Waals surface area (Å²) in [6.45, 7) is 4.81. The Kier molecular flexibility index (Phi) is 12.3. The minimum absolute atomic E-state index is 0.0240. The quantitative estimate of drug-likeness (QED) is 0.0650. The lowest BCUT2D eigenvalue weighted by atomic mass is 10.0. The van der Waals surface area contributed by atoms with Crippen LogP contribution in [0.4, 0.5) is 0 Å².